The van der Waals surface area contributed by atoms with E-state index in [1.165, 1.54) is 18.2 Å². The van der Waals surface area contributed by atoms with Crippen molar-refractivity contribution in [3.63, 3.8) is 0 Å². The fraction of sp³-hybridized carbons (Fsp3) is 0.526. The van der Waals surface area contributed by atoms with Gasteiger partial charge in [-0.05, 0) is 44.7 Å². The van der Waals surface area contributed by atoms with Gasteiger partial charge in [-0.25, -0.2) is 0 Å². The van der Waals surface area contributed by atoms with Gasteiger partial charge in [-0.15, -0.1) is 0 Å². The van der Waals surface area contributed by atoms with E-state index in [-0.39, 0.29) is 30.6 Å². The average Bonchev–Trinajstić information content (AvgIpc) is 3.46. The normalized spacial score (nSPS) is 17.1. The molecule has 1 saturated carbocycles. The Morgan fingerprint density at radius 2 is 1.82 bits per heavy atom. The van der Waals surface area contributed by atoms with E-state index in [4.69, 9.17) is 0 Å². The maximum Gasteiger partial charge on any atom is 0.418 e. The summed E-state index contributed by atoms with van der Waals surface area (Å²) in [4.78, 5) is 25.1. The number of quaternary nitrogens is 1. The highest BCUT2D eigenvalue weighted by molar-refractivity contribution is 5.92. The number of hydrogen-bond donors (Lipinski definition) is 3. The van der Waals surface area contributed by atoms with E-state index in [1.807, 2.05) is 0 Å². The molecule has 1 aromatic rings. The number of amides is 2. The molecule has 9 heteroatoms. The van der Waals surface area contributed by atoms with Crippen molar-refractivity contribution in [3.8, 4) is 6.07 Å². The number of nitriles is 1. The molecule has 1 aromatic carbocycles. The van der Waals surface area contributed by atoms with Crippen LogP contribution in [0, 0.1) is 17.2 Å². The predicted octanol–water partition coefficient (Wildman–Crippen LogP) is 1.36. The predicted molar refractivity (Wildman–Crippen MR) is 96.2 cm³/mol. The van der Waals surface area contributed by atoms with Crippen LogP contribution in [0.3, 0.4) is 0 Å². The molecule has 2 atom stereocenters. The van der Waals surface area contributed by atoms with Gasteiger partial charge in [0.1, 0.15) is 5.54 Å². The van der Waals surface area contributed by atoms with Gasteiger partial charge in [-0.2, -0.15) is 18.4 Å². The summed E-state index contributed by atoms with van der Waals surface area (Å²) in [6.45, 7) is 3.66. The zero-order valence-corrected chi connectivity index (χ0v) is 15.8. The Labute approximate surface area is 161 Å². The molecular weight excluding hydrogens is 373 g/mol. The number of alkyl halides is 3. The monoisotopic (exact) mass is 397 g/mol. The molecular formula is C19H24F3N4O2+. The Bertz CT molecular complexity index is 771. The number of carbonyl (C=O) groups is 2. The molecule has 0 heterocycles. The summed E-state index contributed by atoms with van der Waals surface area (Å²) in [6, 6.07) is 6.87. The van der Waals surface area contributed by atoms with E-state index in [2.05, 4.69) is 16.7 Å². The number of anilines is 1. The van der Waals surface area contributed by atoms with Crippen molar-refractivity contribution < 1.29 is 27.7 Å². The summed E-state index contributed by atoms with van der Waals surface area (Å²) in [5.74, 6) is -0.850. The van der Waals surface area contributed by atoms with Gasteiger partial charge in [-0.1, -0.05) is 12.1 Å². The van der Waals surface area contributed by atoms with E-state index in [1.54, 1.807) is 13.8 Å². The zero-order valence-electron chi connectivity index (χ0n) is 15.8. The van der Waals surface area contributed by atoms with Crippen LogP contribution < -0.4 is 15.5 Å². The SMILES string of the molecule is CC[NH+](CC(=O)Nc1ccccc1C(F)(F)F)CC(=O)N[C@@](C)(C#N)C1CC1. The maximum atomic E-state index is 13.0. The molecule has 1 unspecified atom stereocenters. The minimum Gasteiger partial charge on any atom is -0.333 e. The molecule has 0 aromatic heterocycles. The van der Waals surface area contributed by atoms with Gasteiger partial charge in [0.2, 0.25) is 0 Å². The summed E-state index contributed by atoms with van der Waals surface area (Å²) in [5.41, 5.74) is -2.16. The number of likely N-dealkylation sites (N-methyl/N-ethyl adjacent to an activating group) is 1. The van der Waals surface area contributed by atoms with Crippen LogP contribution in [-0.2, 0) is 15.8 Å². The van der Waals surface area contributed by atoms with Crippen LogP contribution in [0.4, 0.5) is 18.9 Å². The second-order valence-electron chi connectivity index (χ2n) is 7.19. The minimum absolute atomic E-state index is 0.0468. The standard InChI is InChI=1S/C19H23F3N4O2/c1-3-26(11-17(28)25-18(2,12-23)13-8-9-13)10-16(27)24-15-7-5-4-6-14(15)19(20,21)22/h4-7,13H,3,8-11H2,1-2H3,(H,24,27)(H,25,28)/p+1/t18-/m0/s1. The van der Waals surface area contributed by atoms with Crippen molar-refractivity contribution in [2.45, 2.75) is 38.4 Å². The summed E-state index contributed by atoms with van der Waals surface area (Å²) < 4.78 is 39.1. The molecule has 1 aliphatic carbocycles. The second-order valence-corrected chi connectivity index (χ2v) is 7.19. The summed E-state index contributed by atoms with van der Waals surface area (Å²) >= 11 is 0. The molecule has 0 spiro atoms. The molecule has 28 heavy (non-hydrogen) atoms. The lowest BCUT2D eigenvalue weighted by molar-refractivity contribution is -0.881. The Hall–Kier alpha value is -2.60. The van der Waals surface area contributed by atoms with Crippen LogP contribution in [0.25, 0.3) is 0 Å². The second kappa shape index (κ2) is 8.61. The largest absolute Gasteiger partial charge is 0.418 e. The number of carbonyl (C=O) groups excluding carboxylic acids is 2. The zero-order chi connectivity index (χ0) is 20.9. The van der Waals surface area contributed by atoms with Gasteiger partial charge in [0.05, 0.1) is 23.9 Å². The average molecular weight is 397 g/mol. The maximum absolute atomic E-state index is 13.0. The first-order chi connectivity index (χ1) is 13.1. The van der Waals surface area contributed by atoms with Crippen molar-refractivity contribution in [3.05, 3.63) is 29.8 Å². The molecule has 0 bridgehead atoms. The molecule has 3 N–H and O–H groups in total. The third-order valence-corrected chi connectivity index (χ3v) is 4.85. The van der Waals surface area contributed by atoms with Gasteiger partial charge < -0.3 is 15.5 Å². The highest BCUT2D eigenvalue weighted by Gasteiger charge is 2.43. The molecule has 6 nitrogen and oxygen atoms in total. The first kappa shape index (κ1) is 21.7. The van der Waals surface area contributed by atoms with Crippen LogP contribution in [0.2, 0.25) is 0 Å². The number of para-hydroxylation sites is 1. The lowest BCUT2D eigenvalue weighted by atomic mass is 9.98. The van der Waals surface area contributed by atoms with Gasteiger partial charge in [0.15, 0.2) is 13.1 Å². The van der Waals surface area contributed by atoms with Crippen LogP contribution in [0.5, 0.6) is 0 Å². The van der Waals surface area contributed by atoms with Crippen molar-refractivity contribution in [1.29, 1.82) is 5.26 Å². The molecule has 1 fully saturated rings. The molecule has 0 radical (unpaired) electrons. The molecule has 0 aliphatic heterocycles. The highest BCUT2D eigenvalue weighted by Crippen LogP contribution is 2.39. The third kappa shape index (κ3) is 5.70. The van der Waals surface area contributed by atoms with Crippen LogP contribution >= 0.6 is 0 Å². The lowest BCUT2D eigenvalue weighted by Gasteiger charge is -2.24. The molecule has 2 amide bonds. The number of hydrogen-bond acceptors (Lipinski definition) is 3. The quantitative estimate of drug-likeness (QED) is 0.619. The molecule has 2 rings (SSSR count). The van der Waals surface area contributed by atoms with E-state index in [0.717, 1.165) is 18.9 Å². The topological polar surface area (TPSA) is 86.4 Å². The molecule has 152 valence electrons. The third-order valence-electron chi connectivity index (χ3n) is 4.85. The van der Waals surface area contributed by atoms with Gasteiger partial charge >= 0.3 is 6.18 Å². The summed E-state index contributed by atoms with van der Waals surface area (Å²) in [5, 5.41) is 14.3. The lowest BCUT2D eigenvalue weighted by Crippen LogP contribution is -3.14. The van der Waals surface area contributed by atoms with Crippen LogP contribution in [0.15, 0.2) is 24.3 Å². The first-order valence-corrected chi connectivity index (χ1v) is 9.11. The Kier molecular flexibility index (Phi) is 6.67. The van der Waals surface area contributed by atoms with E-state index in [9.17, 15) is 28.0 Å². The first-order valence-electron chi connectivity index (χ1n) is 9.11. The Morgan fingerprint density at radius 1 is 1.21 bits per heavy atom. The van der Waals surface area contributed by atoms with Crippen molar-refractivity contribution in [2.75, 3.05) is 25.0 Å². The van der Waals surface area contributed by atoms with Gasteiger partial charge in [0, 0.05) is 0 Å². The fourth-order valence-corrected chi connectivity index (χ4v) is 3.02. The number of nitrogens with zero attached hydrogens (tertiary/aromatic N) is 1. The van der Waals surface area contributed by atoms with Gasteiger partial charge in [-0.3, -0.25) is 9.59 Å². The Morgan fingerprint density at radius 3 is 2.36 bits per heavy atom. The number of halogens is 3. The minimum atomic E-state index is -4.58. The highest BCUT2D eigenvalue weighted by atomic mass is 19.4. The van der Waals surface area contributed by atoms with Crippen molar-refractivity contribution >= 4 is 17.5 Å². The summed E-state index contributed by atoms with van der Waals surface area (Å²) in [7, 11) is 0. The van der Waals surface area contributed by atoms with Crippen LogP contribution in [-0.4, -0.2) is 37.0 Å². The van der Waals surface area contributed by atoms with E-state index in [0.29, 0.717) is 11.4 Å². The fourth-order valence-electron chi connectivity index (χ4n) is 3.02. The van der Waals surface area contributed by atoms with E-state index >= 15 is 0 Å². The van der Waals surface area contributed by atoms with Crippen molar-refractivity contribution in [1.82, 2.24) is 5.32 Å². The van der Waals surface area contributed by atoms with Crippen LogP contribution in [0.1, 0.15) is 32.3 Å². The molecule has 1 aliphatic rings. The number of benzene rings is 1. The summed E-state index contributed by atoms with van der Waals surface area (Å²) in [6.07, 6.45) is -2.81. The van der Waals surface area contributed by atoms with E-state index < -0.39 is 23.2 Å². The van der Waals surface area contributed by atoms with Gasteiger partial charge in [0.25, 0.3) is 11.8 Å². The van der Waals surface area contributed by atoms with Crippen molar-refractivity contribution in [2.24, 2.45) is 5.92 Å². The molecule has 0 saturated heterocycles. The smallest absolute Gasteiger partial charge is 0.333 e. The number of nitrogens with one attached hydrogen (secondary N) is 3. The Balaban J connectivity index is 1.95. The number of rotatable bonds is 8.